The van der Waals surface area contributed by atoms with Gasteiger partial charge >= 0.3 is 0 Å². The van der Waals surface area contributed by atoms with Crippen molar-refractivity contribution in [2.75, 3.05) is 0 Å². The molecule has 0 bridgehead atoms. The maximum Gasteiger partial charge on any atom is 0.123 e. The first-order chi connectivity index (χ1) is 27.2. The van der Waals surface area contributed by atoms with E-state index in [4.69, 9.17) is 0 Å². The molecule has 0 aliphatic carbocycles. The summed E-state index contributed by atoms with van der Waals surface area (Å²) in [5, 5.41) is 35.3. The number of rotatable bonds is 9. The molecule has 0 radical (unpaired) electrons. The fourth-order valence-corrected chi connectivity index (χ4v) is 9.44. The van der Waals surface area contributed by atoms with Crippen LogP contribution in [0, 0.1) is 0 Å². The molecule has 0 unspecified atom stereocenters. The largest absolute Gasteiger partial charge is 0.507 e. The molecule has 330 valence electrons. The third kappa shape index (κ3) is 10.3. The highest BCUT2D eigenvalue weighted by atomic mass is 16.3. The van der Waals surface area contributed by atoms with Crippen LogP contribution >= 0.6 is 0 Å². The number of benzene rings is 4. The van der Waals surface area contributed by atoms with Crippen molar-refractivity contribution in [1.82, 2.24) is 0 Å². The van der Waals surface area contributed by atoms with Crippen LogP contribution in [0.3, 0.4) is 0 Å². The van der Waals surface area contributed by atoms with E-state index in [1.807, 2.05) is 0 Å². The van der Waals surface area contributed by atoms with Crippen LogP contribution in [-0.4, -0.2) is 15.3 Å². The average molecular weight is 817 g/mol. The molecule has 3 heteroatoms. The molecule has 0 aliphatic rings. The number of aromatic hydroxyl groups is 3. The lowest BCUT2D eigenvalue weighted by atomic mass is 9.74. The Morgan fingerprint density at radius 1 is 0.283 bits per heavy atom. The Morgan fingerprint density at radius 3 is 0.550 bits per heavy atom. The Balaban J connectivity index is 2.21. The predicted molar refractivity (Wildman–Crippen MR) is 260 cm³/mol. The smallest absolute Gasteiger partial charge is 0.123 e. The third-order valence-electron chi connectivity index (χ3n) is 12.7. The summed E-state index contributed by atoms with van der Waals surface area (Å²) < 4.78 is 0. The Kier molecular flexibility index (Phi) is 13.8. The minimum Gasteiger partial charge on any atom is -0.507 e. The highest BCUT2D eigenvalue weighted by Crippen LogP contribution is 2.45. The topological polar surface area (TPSA) is 60.7 Å². The van der Waals surface area contributed by atoms with Crippen molar-refractivity contribution in [2.45, 2.75) is 216 Å². The van der Waals surface area contributed by atoms with E-state index in [1.54, 1.807) is 0 Å². The van der Waals surface area contributed by atoms with Crippen LogP contribution in [0.1, 0.15) is 229 Å². The molecule has 0 heterocycles. The minimum atomic E-state index is -0.230. The van der Waals surface area contributed by atoms with Gasteiger partial charge < -0.3 is 15.3 Å². The summed E-state index contributed by atoms with van der Waals surface area (Å²) in [5.41, 5.74) is 16.8. The van der Waals surface area contributed by atoms with E-state index in [1.165, 1.54) is 50.1 Å². The van der Waals surface area contributed by atoms with Crippen molar-refractivity contribution in [2.24, 2.45) is 0 Å². The first-order valence-electron chi connectivity index (χ1n) is 22.9. The summed E-state index contributed by atoms with van der Waals surface area (Å²) in [4.78, 5) is 0. The first kappa shape index (κ1) is 48.9. The SMILES string of the molecule is CCc1c(Cc2cc(C(C)(C)C)c(O)c(C(C)(C)C)c2)c(CC)c(Cc2cc(C(C)(C)C)c(O)c(C(C)(C)C)c2)c(CC)c1Cc1cc(C(C)(C)C)c(O)c(C(C)(C)C)c1. The molecule has 3 N–H and O–H groups in total. The van der Waals surface area contributed by atoms with Gasteiger partial charge in [0.15, 0.2) is 0 Å². The van der Waals surface area contributed by atoms with Gasteiger partial charge in [0.05, 0.1) is 0 Å². The van der Waals surface area contributed by atoms with Gasteiger partial charge in [0, 0.05) is 0 Å². The van der Waals surface area contributed by atoms with E-state index in [-0.39, 0.29) is 32.5 Å². The molecule has 4 rings (SSSR count). The molecule has 0 saturated carbocycles. The van der Waals surface area contributed by atoms with Crippen LogP contribution in [0.2, 0.25) is 0 Å². The fraction of sp³-hybridized carbons (Fsp3) is 0.579. The van der Waals surface area contributed by atoms with E-state index in [0.29, 0.717) is 17.2 Å². The molecule has 0 aliphatic heterocycles. The lowest BCUT2D eigenvalue weighted by molar-refractivity contribution is 0.422. The monoisotopic (exact) mass is 817 g/mol. The minimum absolute atomic E-state index is 0.230. The van der Waals surface area contributed by atoms with Crippen molar-refractivity contribution in [1.29, 1.82) is 0 Å². The molecule has 0 amide bonds. The van der Waals surface area contributed by atoms with Crippen molar-refractivity contribution in [3.05, 3.63) is 120 Å². The van der Waals surface area contributed by atoms with Crippen LogP contribution in [0.25, 0.3) is 0 Å². The molecule has 0 fully saturated rings. The molecule has 0 spiro atoms. The Bertz CT molecular complexity index is 1830. The van der Waals surface area contributed by atoms with Gasteiger partial charge in [-0.1, -0.05) is 182 Å². The fourth-order valence-electron chi connectivity index (χ4n) is 9.44. The zero-order valence-electron chi connectivity index (χ0n) is 42.0. The van der Waals surface area contributed by atoms with Gasteiger partial charge in [0.25, 0.3) is 0 Å². The van der Waals surface area contributed by atoms with Gasteiger partial charge in [0.1, 0.15) is 17.2 Å². The molecular formula is C57H84O3. The zero-order valence-corrected chi connectivity index (χ0v) is 42.0. The standard InChI is InChI=1S/C57H84O3/c1-22-37-40(25-34-28-43(52(4,5)6)49(58)44(29-34)53(7,8)9)38(23-2)42(27-36-32-47(56(16,17)18)51(60)48(33-36)57(19,20)21)39(24-3)41(37)26-35-30-45(54(10,11)12)50(59)46(31-35)55(13,14)15/h28-33,58-60H,22-27H2,1-21H3. The molecule has 4 aromatic carbocycles. The maximum atomic E-state index is 11.8. The number of hydrogen-bond donors (Lipinski definition) is 3. The molecule has 60 heavy (non-hydrogen) atoms. The van der Waals surface area contributed by atoms with Crippen LogP contribution < -0.4 is 0 Å². The van der Waals surface area contributed by atoms with E-state index in [0.717, 1.165) is 71.9 Å². The summed E-state index contributed by atoms with van der Waals surface area (Å²) >= 11 is 0. The van der Waals surface area contributed by atoms with Gasteiger partial charge in [-0.25, -0.2) is 0 Å². The molecule has 4 aromatic rings. The second-order valence-corrected chi connectivity index (χ2v) is 24.1. The van der Waals surface area contributed by atoms with Gasteiger partial charge in [-0.15, -0.1) is 0 Å². The lowest BCUT2D eigenvalue weighted by Gasteiger charge is -2.31. The maximum absolute atomic E-state index is 11.8. The Labute approximate surface area is 367 Å². The summed E-state index contributed by atoms with van der Waals surface area (Å²) in [6, 6.07) is 13.6. The lowest BCUT2D eigenvalue weighted by Crippen LogP contribution is -2.20. The van der Waals surface area contributed by atoms with Crippen LogP contribution in [0.15, 0.2) is 36.4 Å². The summed E-state index contributed by atoms with van der Waals surface area (Å²) in [6.07, 6.45) is 5.02. The molecule has 3 nitrogen and oxygen atoms in total. The third-order valence-corrected chi connectivity index (χ3v) is 12.7. The van der Waals surface area contributed by atoms with Crippen molar-refractivity contribution in [3.8, 4) is 17.2 Å². The molecule has 0 saturated heterocycles. The van der Waals surface area contributed by atoms with E-state index < -0.39 is 0 Å². The summed E-state index contributed by atoms with van der Waals surface area (Å²) in [6.45, 7) is 46.5. The highest BCUT2D eigenvalue weighted by Gasteiger charge is 2.32. The Hall–Kier alpha value is -3.72. The number of phenols is 3. The molecule has 0 aromatic heterocycles. The molecular weight excluding hydrogens is 733 g/mol. The quantitative estimate of drug-likeness (QED) is 0.158. The summed E-state index contributed by atoms with van der Waals surface area (Å²) in [5.74, 6) is 1.25. The van der Waals surface area contributed by atoms with Crippen LogP contribution in [-0.2, 0) is 71.0 Å². The van der Waals surface area contributed by atoms with E-state index >= 15 is 0 Å². The normalized spacial score (nSPS) is 13.3. The summed E-state index contributed by atoms with van der Waals surface area (Å²) in [7, 11) is 0. The second kappa shape index (κ2) is 16.9. The van der Waals surface area contributed by atoms with Crippen molar-refractivity contribution < 1.29 is 15.3 Å². The van der Waals surface area contributed by atoms with Crippen molar-refractivity contribution in [3.63, 3.8) is 0 Å². The van der Waals surface area contributed by atoms with Gasteiger partial charge in [-0.3, -0.25) is 0 Å². The predicted octanol–water partition coefficient (Wildman–Crippen LogP) is 15.0. The second-order valence-electron chi connectivity index (χ2n) is 24.1. The number of hydrogen-bond acceptors (Lipinski definition) is 3. The van der Waals surface area contributed by atoms with Gasteiger partial charge in [-0.05, 0) is 154 Å². The number of phenolic OH excluding ortho intramolecular Hbond substituents is 3. The Morgan fingerprint density at radius 2 is 0.433 bits per heavy atom. The zero-order chi connectivity index (χ0) is 45.9. The van der Waals surface area contributed by atoms with Crippen molar-refractivity contribution >= 4 is 0 Å². The first-order valence-corrected chi connectivity index (χ1v) is 22.9. The van der Waals surface area contributed by atoms with Gasteiger partial charge in [0.2, 0.25) is 0 Å². The van der Waals surface area contributed by atoms with Gasteiger partial charge in [-0.2, -0.15) is 0 Å². The van der Waals surface area contributed by atoms with E-state index in [2.05, 4.69) is 182 Å². The van der Waals surface area contributed by atoms with Crippen LogP contribution in [0.5, 0.6) is 17.2 Å². The van der Waals surface area contributed by atoms with E-state index in [9.17, 15) is 15.3 Å². The van der Waals surface area contributed by atoms with Crippen LogP contribution in [0.4, 0.5) is 0 Å². The highest BCUT2D eigenvalue weighted by molar-refractivity contribution is 5.60. The molecule has 0 atom stereocenters. The average Bonchev–Trinajstić information content (AvgIpc) is 3.07.